The summed E-state index contributed by atoms with van der Waals surface area (Å²) in [5.41, 5.74) is 1.03. The third-order valence-corrected chi connectivity index (χ3v) is 5.28. The lowest BCUT2D eigenvalue weighted by atomic mass is 9.90. The van der Waals surface area contributed by atoms with E-state index in [2.05, 4.69) is 5.32 Å². The minimum absolute atomic E-state index is 0.130. The maximum absolute atomic E-state index is 12.6. The summed E-state index contributed by atoms with van der Waals surface area (Å²) in [6.07, 6.45) is -3.40. The van der Waals surface area contributed by atoms with E-state index in [4.69, 9.17) is 4.74 Å². The molecule has 0 aliphatic carbocycles. The number of hydrogen-bond donors (Lipinski definition) is 1. The molecule has 1 unspecified atom stereocenters. The number of rotatable bonds is 5. The predicted molar refractivity (Wildman–Crippen MR) is 97.3 cm³/mol. The number of alkyl halides is 3. The van der Waals surface area contributed by atoms with Crippen molar-refractivity contribution in [1.29, 1.82) is 0 Å². The fourth-order valence-electron chi connectivity index (χ4n) is 3.72. The van der Waals surface area contributed by atoms with Crippen molar-refractivity contribution < 1.29 is 27.5 Å². The first-order valence-electron chi connectivity index (χ1n) is 9.37. The molecule has 0 aromatic heterocycles. The van der Waals surface area contributed by atoms with Gasteiger partial charge in [-0.15, -0.1) is 0 Å². The summed E-state index contributed by atoms with van der Waals surface area (Å²) >= 11 is 0. The minimum Gasteiger partial charge on any atom is -0.447 e. The van der Waals surface area contributed by atoms with E-state index in [1.54, 1.807) is 24.3 Å². The molecule has 1 aromatic carbocycles. The number of hydrogen-bond acceptors (Lipinski definition) is 4. The number of ether oxygens (including phenoxy) is 1. The molecule has 28 heavy (non-hydrogen) atoms. The Labute approximate surface area is 161 Å². The van der Waals surface area contributed by atoms with Crippen molar-refractivity contribution in [2.75, 3.05) is 37.7 Å². The van der Waals surface area contributed by atoms with Gasteiger partial charge in [0.2, 0.25) is 0 Å². The highest BCUT2D eigenvalue weighted by Gasteiger charge is 2.33. The molecule has 2 fully saturated rings. The van der Waals surface area contributed by atoms with E-state index >= 15 is 0 Å². The third-order valence-electron chi connectivity index (χ3n) is 5.28. The zero-order valence-electron chi connectivity index (χ0n) is 15.7. The fraction of sp³-hybridized carbons (Fsp3) is 0.579. The molecule has 0 radical (unpaired) electrons. The van der Waals surface area contributed by atoms with Gasteiger partial charge in [0.25, 0.3) is 5.91 Å². The number of anilines is 1. The molecule has 2 heterocycles. The monoisotopic (exact) mass is 399 g/mol. The fourth-order valence-corrected chi connectivity index (χ4v) is 3.72. The number of likely N-dealkylation sites (tertiary alicyclic amines) is 1. The van der Waals surface area contributed by atoms with Crippen LogP contribution >= 0.6 is 0 Å². The van der Waals surface area contributed by atoms with Crippen molar-refractivity contribution in [2.24, 2.45) is 5.92 Å². The van der Waals surface area contributed by atoms with E-state index in [0.29, 0.717) is 50.3 Å². The summed E-state index contributed by atoms with van der Waals surface area (Å²) in [5.74, 6) is -0.134. The smallest absolute Gasteiger partial charge is 0.414 e. The van der Waals surface area contributed by atoms with Crippen molar-refractivity contribution in [3.05, 3.63) is 29.8 Å². The Morgan fingerprint density at radius 2 is 2.00 bits per heavy atom. The molecule has 2 saturated heterocycles. The van der Waals surface area contributed by atoms with Crippen molar-refractivity contribution in [1.82, 2.24) is 10.2 Å². The van der Waals surface area contributed by atoms with Crippen LogP contribution in [0, 0.1) is 5.92 Å². The number of piperidine rings is 1. The van der Waals surface area contributed by atoms with Crippen LogP contribution in [-0.4, -0.2) is 61.9 Å². The molecule has 2 aliphatic rings. The second kappa shape index (κ2) is 8.38. The van der Waals surface area contributed by atoms with Gasteiger partial charge in [-0.1, -0.05) is 6.07 Å². The average molecular weight is 399 g/mol. The van der Waals surface area contributed by atoms with Crippen LogP contribution in [0.4, 0.5) is 23.7 Å². The summed E-state index contributed by atoms with van der Waals surface area (Å²) in [7, 11) is 0. The maximum Gasteiger partial charge on any atom is 0.414 e. The number of cyclic esters (lactones) is 1. The van der Waals surface area contributed by atoms with Crippen LogP contribution in [0.3, 0.4) is 0 Å². The third kappa shape index (κ3) is 5.15. The van der Waals surface area contributed by atoms with Crippen molar-refractivity contribution >= 4 is 17.7 Å². The molecular weight excluding hydrogens is 375 g/mol. The topological polar surface area (TPSA) is 61.9 Å². The number of carbonyl (C=O) groups excluding carboxylic acids is 2. The Morgan fingerprint density at radius 3 is 2.61 bits per heavy atom. The van der Waals surface area contributed by atoms with E-state index in [-0.39, 0.29) is 17.9 Å². The SMILES string of the molecule is CC(NC(=O)c1cccc(N2CCOC2=O)c1)C1CCN(CC(F)(F)F)CC1. The Hall–Kier alpha value is -2.29. The van der Waals surface area contributed by atoms with Crippen LogP contribution in [0.5, 0.6) is 0 Å². The van der Waals surface area contributed by atoms with Gasteiger partial charge in [-0.2, -0.15) is 13.2 Å². The number of halogens is 3. The minimum atomic E-state index is -4.18. The molecule has 1 aromatic rings. The zero-order valence-corrected chi connectivity index (χ0v) is 15.7. The second-order valence-corrected chi connectivity index (χ2v) is 7.31. The molecule has 3 rings (SSSR count). The zero-order chi connectivity index (χ0) is 20.3. The molecule has 1 atom stereocenters. The van der Waals surface area contributed by atoms with Gasteiger partial charge in [-0.3, -0.25) is 14.6 Å². The van der Waals surface area contributed by atoms with Crippen LogP contribution in [0.15, 0.2) is 24.3 Å². The summed E-state index contributed by atoms with van der Waals surface area (Å²) in [6.45, 7) is 2.50. The number of amides is 2. The first-order valence-corrected chi connectivity index (χ1v) is 9.37. The molecule has 9 heteroatoms. The molecule has 6 nitrogen and oxygen atoms in total. The summed E-state index contributed by atoms with van der Waals surface area (Å²) < 4.78 is 42.4. The summed E-state index contributed by atoms with van der Waals surface area (Å²) in [4.78, 5) is 27.2. The second-order valence-electron chi connectivity index (χ2n) is 7.31. The Balaban J connectivity index is 1.54. The van der Waals surface area contributed by atoms with Crippen molar-refractivity contribution in [2.45, 2.75) is 32.0 Å². The quantitative estimate of drug-likeness (QED) is 0.827. The predicted octanol–water partition coefficient (Wildman–Crippen LogP) is 3.04. The van der Waals surface area contributed by atoms with Gasteiger partial charge >= 0.3 is 12.3 Å². The van der Waals surface area contributed by atoms with Crippen LogP contribution in [0.25, 0.3) is 0 Å². The van der Waals surface area contributed by atoms with Crippen LogP contribution in [-0.2, 0) is 4.74 Å². The van der Waals surface area contributed by atoms with Gasteiger partial charge in [0.05, 0.1) is 13.1 Å². The van der Waals surface area contributed by atoms with Crippen molar-refractivity contribution in [3.63, 3.8) is 0 Å². The van der Waals surface area contributed by atoms with Gasteiger partial charge in [0.15, 0.2) is 0 Å². The van der Waals surface area contributed by atoms with Crippen LogP contribution in [0.1, 0.15) is 30.1 Å². The highest BCUT2D eigenvalue weighted by Crippen LogP contribution is 2.25. The normalized spacial score (nSPS) is 20.1. The molecule has 0 spiro atoms. The van der Waals surface area contributed by atoms with E-state index in [1.165, 1.54) is 9.80 Å². The summed E-state index contributed by atoms with van der Waals surface area (Å²) in [6, 6.07) is 6.60. The number of benzene rings is 1. The summed E-state index contributed by atoms with van der Waals surface area (Å²) in [5, 5.41) is 2.94. The van der Waals surface area contributed by atoms with Gasteiger partial charge < -0.3 is 10.1 Å². The standard InChI is InChI=1S/C19H24F3N3O3/c1-13(14-5-7-24(8-6-14)12-19(20,21)22)23-17(26)15-3-2-4-16(11-15)25-9-10-28-18(25)27/h2-4,11,13-14H,5-10,12H2,1H3,(H,23,26). The number of carbonyl (C=O) groups is 2. The molecule has 2 aliphatic heterocycles. The average Bonchev–Trinajstić information content (AvgIpc) is 3.07. The maximum atomic E-state index is 12.6. The van der Waals surface area contributed by atoms with E-state index < -0.39 is 18.8 Å². The van der Waals surface area contributed by atoms with Crippen LogP contribution in [0.2, 0.25) is 0 Å². The number of nitrogens with zero attached hydrogens (tertiary/aromatic N) is 2. The lowest BCUT2D eigenvalue weighted by molar-refractivity contribution is -0.148. The Bertz CT molecular complexity index is 718. The highest BCUT2D eigenvalue weighted by atomic mass is 19.4. The highest BCUT2D eigenvalue weighted by molar-refractivity contribution is 5.97. The molecule has 2 amide bonds. The lowest BCUT2D eigenvalue weighted by Crippen LogP contribution is -2.46. The van der Waals surface area contributed by atoms with E-state index in [0.717, 1.165) is 0 Å². The Kier molecular flexibility index (Phi) is 6.12. The first kappa shape index (κ1) is 20.4. The molecule has 154 valence electrons. The van der Waals surface area contributed by atoms with Crippen molar-refractivity contribution in [3.8, 4) is 0 Å². The molecular formula is C19H24F3N3O3. The van der Waals surface area contributed by atoms with Gasteiger partial charge in [-0.05, 0) is 57.0 Å². The molecule has 1 N–H and O–H groups in total. The lowest BCUT2D eigenvalue weighted by Gasteiger charge is -2.35. The van der Waals surface area contributed by atoms with E-state index in [9.17, 15) is 22.8 Å². The molecule has 0 saturated carbocycles. The van der Waals surface area contributed by atoms with Gasteiger partial charge in [0.1, 0.15) is 6.61 Å². The van der Waals surface area contributed by atoms with Gasteiger partial charge in [0, 0.05) is 17.3 Å². The van der Waals surface area contributed by atoms with E-state index in [1.807, 2.05) is 6.92 Å². The largest absolute Gasteiger partial charge is 0.447 e. The van der Waals surface area contributed by atoms with Crippen LogP contribution < -0.4 is 10.2 Å². The molecule has 0 bridgehead atoms. The Morgan fingerprint density at radius 1 is 1.29 bits per heavy atom. The number of nitrogens with one attached hydrogen (secondary N) is 1. The first-order chi connectivity index (χ1) is 13.2. The van der Waals surface area contributed by atoms with Gasteiger partial charge in [-0.25, -0.2) is 4.79 Å².